The van der Waals surface area contributed by atoms with E-state index in [2.05, 4.69) is 43.8 Å². The van der Waals surface area contributed by atoms with Gasteiger partial charge in [0, 0.05) is 25.2 Å². The van der Waals surface area contributed by atoms with Crippen LogP contribution in [0.3, 0.4) is 0 Å². The van der Waals surface area contributed by atoms with Gasteiger partial charge in [-0.05, 0) is 52.9 Å². The summed E-state index contributed by atoms with van der Waals surface area (Å²) in [5, 5.41) is 3.44. The number of methoxy groups -OCH3 is 1. The van der Waals surface area contributed by atoms with Crippen molar-refractivity contribution < 1.29 is 9.53 Å². The lowest BCUT2D eigenvalue weighted by Crippen LogP contribution is -2.24. The molecule has 3 nitrogen and oxygen atoms in total. The van der Waals surface area contributed by atoms with Crippen molar-refractivity contribution in [2.24, 2.45) is 0 Å². The van der Waals surface area contributed by atoms with Gasteiger partial charge in [-0.1, -0.05) is 33.6 Å². The van der Waals surface area contributed by atoms with E-state index in [9.17, 15) is 4.79 Å². The topological polar surface area (TPSA) is 38.3 Å². The number of nitrogens with one attached hydrogen (secondary N) is 1. The Balaban J connectivity index is 2.17. The molecule has 2 aromatic rings. The molecule has 0 radical (unpaired) electrons. The summed E-state index contributed by atoms with van der Waals surface area (Å²) in [6, 6.07) is 11.0. The molecule has 0 aromatic heterocycles. The van der Waals surface area contributed by atoms with E-state index in [4.69, 9.17) is 16.3 Å². The van der Waals surface area contributed by atoms with E-state index in [0.29, 0.717) is 22.9 Å². The zero-order valence-corrected chi connectivity index (χ0v) is 15.6. The van der Waals surface area contributed by atoms with Crippen molar-refractivity contribution in [3.8, 4) is 5.75 Å². The Bertz CT molecular complexity index is 679. The van der Waals surface area contributed by atoms with Gasteiger partial charge in [-0.3, -0.25) is 4.79 Å². The molecule has 21 heavy (non-hydrogen) atoms. The summed E-state index contributed by atoms with van der Waals surface area (Å²) in [4.78, 5) is 12.3. The fourth-order valence-electron chi connectivity index (χ4n) is 1.84. The predicted octanol–water partition coefficient (Wildman–Crippen LogP) is 4.65. The zero-order valence-electron chi connectivity index (χ0n) is 11.1. The Morgan fingerprint density at radius 2 is 2.14 bits per heavy atom. The summed E-state index contributed by atoms with van der Waals surface area (Å²) in [6.45, 7) is 0.310. The van der Waals surface area contributed by atoms with Gasteiger partial charge < -0.3 is 10.1 Å². The molecule has 0 heterocycles. The number of rotatable bonds is 4. The highest BCUT2D eigenvalue weighted by Crippen LogP contribution is 2.26. The molecule has 2 aromatic carbocycles. The number of benzene rings is 2. The quantitative estimate of drug-likeness (QED) is 0.648. The number of carbonyl (C=O) groups is 1. The van der Waals surface area contributed by atoms with Crippen LogP contribution in [0.1, 0.15) is 15.9 Å². The summed E-state index contributed by atoms with van der Waals surface area (Å²) >= 11 is 11.7. The molecular formula is C15H12BrClINO2. The lowest BCUT2D eigenvalue weighted by atomic mass is 10.1. The summed E-state index contributed by atoms with van der Waals surface area (Å²) < 4.78 is 7.01. The van der Waals surface area contributed by atoms with Crippen LogP contribution >= 0.6 is 50.1 Å². The maximum absolute atomic E-state index is 12.3. The zero-order chi connectivity index (χ0) is 15.4. The van der Waals surface area contributed by atoms with Gasteiger partial charge in [0.15, 0.2) is 0 Å². The number of halogens is 3. The first-order valence-electron chi connectivity index (χ1n) is 6.07. The first kappa shape index (κ1) is 16.6. The van der Waals surface area contributed by atoms with Crippen molar-refractivity contribution in [1.82, 2.24) is 5.32 Å². The third-order valence-electron chi connectivity index (χ3n) is 2.89. The van der Waals surface area contributed by atoms with Crippen LogP contribution in [0, 0.1) is 3.57 Å². The van der Waals surface area contributed by atoms with Crippen molar-refractivity contribution in [3.05, 3.63) is 60.6 Å². The van der Waals surface area contributed by atoms with Crippen molar-refractivity contribution in [3.63, 3.8) is 0 Å². The Hall–Kier alpha value is -0.790. The number of amides is 1. The summed E-state index contributed by atoms with van der Waals surface area (Å²) in [5.41, 5.74) is 1.39. The molecule has 0 bridgehead atoms. The van der Waals surface area contributed by atoms with E-state index in [0.717, 1.165) is 13.6 Å². The van der Waals surface area contributed by atoms with Gasteiger partial charge in [0.2, 0.25) is 0 Å². The summed E-state index contributed by atoms with van der Waals surface area (Å²) in [5.74, 6) is 0.509. The highest BCUT2D eigenvalue weighted by Gasteiger charge is 2.13. The number of ether oxygens (including phenoxy) is 1. The largest absolute Gasteiger partial charge is 0.496 e. The molecule has 6 heteroatoms. The Labute approximate surface area is 150 Å². The minimum absolute atomic E-state index is 0.150. The van der Waals surface area contributed by atoms with Gasteiger partial charge in [0.1, 0.15) is 5.75 Å². The first-order chi connectivity index (χ1) is 10.0. The average Bonchev–Trinajstić information content (AvgIpc) is 2.47. The van der Waals surface area contributed by atoms with Crippen molar-refractivity contribution in [2.45, 2.75) is 6.54 Å². The van der Waals surface area contributed by atoms with Crippen LogP contribution in [-0.2, 0) is 6.54 Å². The third kappa shape index (κ3) is 4.11. The summed E-state index contributed by atoms with van der Waals surface area (Å²) in [7, 11) is 1.58. The van der Waals surface area contributed by atoms with Crippen LogP contribution in [-0.4, -0.2) is 13.0 Å². The second kappa shape index (κ2) is 7.47. The van der Waals surface area contributed by atoms with Crippen LogP contribution in [0.5, 0.6) is 5.75 Å². The first-order valence-corrected chi connectivity index (χ1v) is 8.32. The lowest BCUT2D eigenvalue weighted by molar-refractivity contribution is 0.0949. The van der Waals surface area contributed by atoms with E-state index >= 15 is 0 Å². The highest BCUT2D eigenvalue weighted by molar-refractivity contribution is 14.1. The molecule has 1 N–H and O–H groups in total. The Morgan fingerprint density at radius 3 is 2.86 bits per heavy atom. The highest BCUT2D eigenvalue weighted by atomic mass is 127. The molecule has 0 saturated heterocycles. The third-order valence-corrected chi connectivity index (χ3v) is 4.68. The second-order valence-electron chi connectivity index (χ2n) is 4.23. The van der Waals surface area contributed by atoms with E-state index in [-0.39, 0.29) is 5.91 Å². The minimum Gasteiger partial charge on any atom is -0.496 e. The van der Waals surface area contributed by atoms with E-state index in [1.54, 1.807) is 19.2 Å². The van der Waals surface area contributed by atoms with Gasteiger partial charge in [-0.2, -0.15) is 0 Å². The van der Waals surface area contributed by atoms with Crippen LogP contribution in [0.2, 0.25) is 5.02 Å². The van der Waals surface area contributed by atoms with E-state index < -0.39 is 0 Å². The normalized spacial score (nSPS) is 10.3. The number of hydrogen-bond donors (Lipinski definition) is 1. The molecule has 0 aliphatic rings. The minimum atomic E-state index is -0.150. The van der Waals surface area contributed by atoms with Crippen molar-refractivity contribution >= 4 is 56.0 Å². The van der Waals surface area contributed by atoms with Crippen molar-refractivity contribution in [2.75, 3.05) is 7.11 Å². The molecular weight excluding hydrogens is 468 g/mol. The monoisotopic (exact) mass is 479 g/mol. The van der Waals surface area contributed by atoms with Crippen LogP contribution < -0.4 is 10.1 Å². The molecule has 0 fully saturated rings. The lowest BCUT2D eigenvalue weighted by Gasteiger charge is -2.12. The van der Waals surface area contributed by atoms with Gasteiger partial charge in [-0.15, -0.1) is 0 Å². The van der Waals surface area contributed by atoms with Crippen molar-refractivity contribution in [1.29, 1.82) is 0 Å². The average molecular weight is 481 g/mol. The number of hydrogen-bond acceptors (Lipinski definition) is 2. The molecule has 2 rings (SSSR count). The van der Waals surface area contributed by atoms with E-state index in [1.165, 1.54) is 0 Å². The van der Waals surface area contributed by atoms with Crippen LogP contribution in [0.4, 0.5) is 0 Å². The smallest absolute Gasteiger partial charge is 0.252 e. The Morgan fingerprint density at radius 1 is 1.38 bits per heavy atom. The molecule has 0 aliphatic carbocycles. The molecule has 0 spiro atoms. The molecule has 0 unspecified atom stereocenters. The summed E-state index contributed by atoms with van der Waals surface area (Å²) in [6.07, 6.45) is 0. The predicted molar refractivity (Wildman–Crippen MR) is 96.0 cm³/mol. The van der Waals surface area contributed by atoms with Crippen LogP contribution in [0.25, 0.3) is 0 Å². The van der Waals surface area contributed by atoms with Crippen LogP contribution in [0.15, 0.2) is 40.9 Å². The maximum atomic E-state index is 12.3. The maximum Gasteiger partial charge on any atom is 0.252 e. The van der Waals surface area contributed by atoms with Gasteiger partial charge in [0.05, 0.1) is 12.7 Å². The standard InChI is InChI=1S/C15H12BrClINO2/c1-21-14-4-2-3-12(17)11(14)8-19-15(20)10-7-9(16)5-6-13(10)18/h2-7H,8H2,1H3,(H,19,20). The van der Waals surface area contributed by atoms with E-state index in [1.807, 2.05) is 24.3 Å². The fraction of sp³-hybridized carbons (Fsp3) is 0.133. The number of carbonyl (C=O) groups excluding carboxylic acids is 1. The SMILES string of the molecule is COc1cccc(Cl)c1CNC(=O)c1cc(Br)ccc1I. The van der Waals surface area contributed by atoms with Gasteiger partial charge in [-0.25, -0.2) is 0 Å². The molecule has 0 saturated carbocycles. The van der Waals surface area contributed by atoms with Gasteiger partial charge in [0.25, 0.3) is 5.91 Å². The molecule has 0 aliphatic heterocycles. The Kier molecular flexibility index (Phi) is 5.89. The molecule has 110 valence electrons. The second-order valence-corrected chi connectivity index (χ2v) is 6.71. The molecule has 1 amide bonds. The van der Waals surface area contributed by atoms with Gasteiger partial charge >= 0.3 is 0 Å². The molecule has 0 atom stereocenters. The fourth-order valence-corrected chi connectivity index (χ4v) is 3.01.